The van der Waals surface area contributed by atoms with Crippen molar-refractivity contribution in [3.05, 3.63) is 29.3 Å². The summed E-state index contributed by atoms with van der Waals surface area (Å²) in [6, 6.07) is 5.95. The van der Waals surface area contributed by atoms with E-state index < -0.39 is 5.97 Å². The van der Waals surface area contributed by atoms with Crippen LogP contribution in [0, 0.1) is 0 Å². The van der Waals surface area contributed by atoms with Gasteiger partial charge in [0.05, 0.1) is 13.5 Å². The third-order valence-electron chi connectivity index (χ3n) is 3.26. The van der Waals surface area contributed by atoms with Crippen LogP contribution in [-0.2, 0) is 27.2 Å². The molecule has 0 unspecified atom stereocenters. The molecular weight excluding hydrogens is 244 g/mol. The third kappa shape index (κ3) is 2.93. The molecule has 19 heavy (non-hydrogen) atoms. The van der Waals surface area contributed by atoms with Crippen molar-refractivity contribution in [2.75, 3.05) is 32.1 Å². The topological polar surface area (TPSA) is 58.6 Å². The standard InChI is InChI=1S/C14H18N2O3/c1-15-6-5-10-3-4-12-11(7-10)8-13(17)16(12)9-14(18)19-2/h3-4,7,15H,5-6,8-9H2,1-2H3. The molecule has 102 valence electrons. The Hall–Kier alpha value is -1.88. The number of carbonyl (C=O) groups excluding carboxylic acids is 2. The Labute approximate surface area is 112 Å². The predicted octanol–water partition coefficient (Wildman–Crippen LogP) is 0.511. The molecular formula is C14H18N2O3. The van der Waals surface area contributed by atoms with Gasteiger partial charge in [0.25, 0.3) is 0 Å². The maximum Gasteiger partial charge on any atom is 0.325 e. The number of methoxy groups -OCH3 is 1. The number of nitrogens with one attached hydrogen (secondary N) is 1. The van der Waals surface area contributed by atoms with E-state index in [0.29, 0.717) is 6.42 Å². The summed E-state index contributed by atoms with van der Waals surface area (Å²) in [6.45, 7) is 0.886. The molecule has 0 atom stereocenters. The van der Waals surface area contributed by atoms with Gasteiger partial charge >= 0.3 is 5.97 Å². The normalized spacial score (nSPS) is 13.6. The summed E-state index contributed by atoms with van der Waals surface area (Å²) in [7, 11) is 3.24. The maximum atomic E-state index is 11.9. The zero-order chi connectivity index (χ0) is 13.8. The average molecular weight is 262 g/mol. The molecule has 1 amide bonds. The second-order valence-corrected chi connectivity index (χ2v) is 4.55. The Balaban J connectivity index is 2.17. The van der Waals surface area contributed by atoms with Gasteiger partial charge in [-0.25, -0.2) is 0 Å². The molecule has 1 aliphatic rings. The Morgan fingerprint density at radius 2 is 2.26 bits per heavy atom. The molecule has 0 aromatic heterocycles. The van der Waals surface area contributed by atoms with E-state index in [1.54, 1.807) is 0 Å². The lowest BCUT2D eigenvalue weighted by molar-refractivity contribution is -0.139. The average Bonchev–Trinajstić information content (AvgIpc) is 2.72. The highest BCUT2D eigenvalue weighted by molar-refractivity contribution is 6.04. The summed E-state index contributed by atoms with van der Waals surface area (Å²) in [4.78, 5) is 24.7. The zero-order valence-electron chi connectivity index (χ0n) is 11.2. The van der Waals surface area contributed by atoms with Crippen LogP contribution >= 0.6 is 0 Å². The van der Waals surface area contributed by atoms with Crippen LogP contribution in [0.2, 0.25) is 0 Å². The lowest BCUT2D eigenvalue weighted by Gasteiger charge is -2.16. The van der Waals surface area contributed by atoms with E-state index in [9.17, 15) is 9.59 Å². The highest BCUT2D eigenvalue weighted by Gasteiger charge is 2.29. The minimum absolute atomic E-state index is 0.0157. The molecule has 1 aliphatic heterocycles. The highest BCUT2D eigenvalue weighted by Crippen LogP contribution is 2.29. The van der Waals surface area contributed by atoms with Gasteiger partial charge in [0, 0.05) is 5.69 Å². The molecule has 1 N–H and O–H groups in total. The first-order valence-corrected chi connectivity index (χ1v) is 6.29. The summed E-state index contributed by atoms with van der Waals surface area (Å²) < 4.78 is 4.61. The van der Waals surface area contributed by atoms with Gasteiger partial charge in [-0.05, 0) is 37.2 Å². The SMILES string of the molecule is CNCCc1ccc2c(c1)CC(=O)N2CC(=O)OC. The van der Waals surface area contributed by atoms with E-state index in [4.69, 9.17) is 0 Å². The molecule has 0 fully saturated rings. The maximum absolute atomic E-state index is 11.9. The molecule has 0 radical (unpaired) electrons. The Bertz CT molecular complexity index is 499. The van der Waals surface area contributed by atoms with Gasteiger partial charge in [-0.1, -0.05) is 12.1 Å². The van der Waals surface area contributed by atoms with Crippen molar-refractivity contribution in [1.29, 1.82) is 0 Å². The third-order valence-corrected chi connectivity index (χ3v) is 3.26. The van der Waals surface area contributed by atoms with Crippen molar-refractivity contribution in [2.24, 2.45) is 0 Å². The number of likely N-dealkylation sites (N-methyl/N-ethyl adjacent to an activating group) is 1. The summed E-state index contributed by atoms with van der Waals surface area (Å²) in [5.74, 6) is -0.452. The van der Waals surface area contributed by atoms with Crippen molar-refractivity contribution in [3.63, 3.8) is 0 Å². The number of rotatable bonds is 5. The first kappa shape index (κ1) is 13.5. The quantitative estimate of drug-likeness (QED) is 0.786. The molecule has 0 aliphatic carbocycles. The number of carbonyl (C=O) groups is 2. The molecule has 5 nitrogen and oxygen atoms in total. The van der Waals surface area contributed by atoms with Gasteiger partial charge in [0.15, 0.2) is 0 Å². The smallest absolute Gasteiger partial charge is 0.325 e. The number of hydrogen-bond acceptors (Lipinski definition) is 4. The fourth-order valence-electron chi connectivity index (χ4n) is 2.23. The number of fused-ring (bicyclic) bond motifs is 1. The van der Waals surface area contributed by atoms with Crippen LogP contribution in [0.15, 0.2) is 18.2 Å². The van der Waals surface area contributed by atoms with Crippen LogP contribution in [0.3, 0.4) is 0 Å². The van der Waals surface area contributed by atoms with Gasteiger partial charge in [0.2, 0.25) is 5.91 Å². The van der Waals surface area contributed by atoms with Crippen molar-refractivity contribution >= 4 is 17.6 Å². The summed E-state index contributed by atoms with van der Waals surface area (Å²) in [5, 5.41) is 3.10. The van der Waals surface area contributed by atoms with Crippen LogP contribution in [0.1, 0.15) is 11.1 Å². The van der Waals surface area contributed by atoms with Gasteiger partial charge in [-0.15, -0.1) is 0 Å². The Morgan fingerprint density at radius 1 is 1.47 bits per heavy atom. The number of nitrogens with zero attached hydrogens (tertiary/aromatic N) is 1. The van der Waals surface area contributed by atoms with E-state index in [-0.39, 0.29) is 12.5 Å². The lowest BCUT2D eigenvalue weighted by atomic mass is 10.1. The summed E-state index contributed by atoms with van der Waals surface area (Å²) in [5.41, 5.74) is 3.01. The van der Waals surface area contributed by atoms with Gasteiger partial charge in [0.1, 0.15) is 6.54 Å². The van der Waals surface area contributed by atoms with E-state index in [0.717, 1.165) is 24.2 Å². The number of anilines is 1. The van der Waals surface area contributed by atoms with Crippen molar-refractivity contribution in [2.45, 2.75) is 12.8 Å². The second kappa shape index (κ2) is 5.84. The first-order valence-electron chi connectivity index (χ1n) is 6.29. The largest absolute Gasteiger partial charge is 0.468 e. The minimum atomic E-state index is -0.402. The van der Waals surface area contributed by atoms with Crippen LogP contribution in [0.25, 0.3) is 0 Å². The predicted molar refractivity (Wildman–Crippen MR) is 72.1 cm³/mol. The van der Waals surface area contributed by atoms with Gasteiger partial charge in [-0.3, -0.25) is 9.59 Å². The summed E-state index contributed by atoms with van der Waals surface area (Å²) >= 11 is 0. The minimum Gasteiger partial charge on any atom is -0.468 e. The van der Waals surface area contributed by atoms with Gasteiger partial charge < -0.3 is 15.0 Å². The molecule has 0 spiro atoms. The van der Waals surface area contributed by atoms with Crippen LogP contribution in [-0.4, -0.2) is 39.1 Å². The number of hydrogen-bond donors (Lipinski definition) is 1. The molecule has 0 saturated heterocycles. The number of amides is 1. The monoisotopic (exact) mass is 262 g/mol. The molecule has 1 aromatic carbocycles. The highest BCUT2D eigenvalue weighted by atomic mass is 16.5. The van der Waals surface area contributed by atoms with Crippen LogP contribution in [0.4, 0.5) is 5.69 Å². The van der Waals surface area contributed by atoms with E-state index in [2.05, 4.69) is 10.1 Å². The molecule has 2 rings (SSSR count). The van der Waals surface area contributed by atoms with E-state index in [1.165, 1.54) is 17.6 Å². The van der Waals surface area contributed by atoms with Crippen LogP contribution in [0.5, 0.6) is 0 Å². The number of benzene rings is 1. The second-order valence-electron chi connectivity index (χ2n) is 4.55. The molecule has 0 bridgehead atoms. The molecule has 0 saturated carbocycles. The van der Waals surface area contributed by atoms with Crippen molar-refractivity contribution in [3.8, 4) is 0 Å². The molecule has 1 aromatic rings. The Morgan fingerprint density at radius 3 is 2.95 bits per heavy atom. The zero-order valence-corrected chi connectivity index (χ0v) is 11.2. The molecule has 5 heteroatoms. The first-order chi connectivity index (χ1) is 9.15. The summed E-state index contributed by atoms with van der Waals surface area (Å²) in [6.07, 6.45) is 1.29. The van der Waals surface area contributed by atoms with Crippen molar-refractivity contribution < 1.29 is 14.3 Å². The van der Waals surface area contributed by atoms with E-state index >= 15 is 0 Å². The Kier molecular flexibility index (Phi) is 4.16. The van der Waals surface area contributed by atoms with Gasteiger partial charge in [-0.2, -0.15) is 0 Å². The lowest BCUT2D eigenvalue weighted by Crippen LogP contribution is -2.33. The van der Waals surface area contributed by atoms with Crippen LogP contribution < -0.4 is 10.2 Å². The fraction of sp³-hybridized carbons (Fsp3) is 0.429. The van der Waals surface area contributed by atoms with Crippen molar-refractivity contribution in [1.82, 2.24) is 5.32 Å². The number of ether oxygens (including phenoxy) is 1. The fourth-order valence-corrected chi connectivity index (χ4v) is 2.23. The van der Waals surface area contributed by atoms with E-state index in [1.807, 2.05) is 25.2 Å². The number of esters is 1. The molecule has 1 heterocycles.